The maximum absolute atomic E-state index is 12.4. The second-order valence-corrected chi connectivity index (χ2v) is 8.04. The summed E-state index contributed by atoms with van der Waals surface area (Å²) in [5.41, 5.74) is 1.24. The number of rotatable bonds is 7. The zero-order valence-corrected chi connectivity index (χ0v) is 18.2. The van der Waals surface area contributed by atoms with Gasteiger partial charge in [-0.1, -0.05) is 47.1 Å². The molecule has 2 aromatic carbocycles. The molecule has 2 amide bonds. The second-order valence-electron chi connectivity index (χ2n) is 6.25. The summed E-state index contributed by atoms with van der Waals surface area (Å²) in [5, 5.41) is 12.2. The highest BCUT2D eigenvalue weighted by atomic mass is 35.5. The number of anilines is 1. The number of nitrogen functional groups attached to an aromatic ring is 1. The Hall–Kier alpha value is -2.75. The van der Waals surface area contributed by atoms with Crippen molar-refractivity contribution >= 4 is 52.5 Å². The first-order chi connectivity index (χ1) is 14.3. The fourth-order valence-electron chi connectivity index (χ4n) is 2.46. The minimum Gasteiger partial charge on any atom is -0.336 e. The van der Waals surface area contributed by atoms with Crippen LogP contribution in [0.25, 0.3) is 11.4 Å². The van der Waals surface area contributed by atoms with Crippen molar-refractivity contribution in [1.29, 1.82) is 0 Å². The van der Waals surface area contributed by atoms with Gasteiger partial charge in [-0.3, -0.25) is 9.59 Å². The second kappa shape index (κ2) is 9.84. The van der Waals surface area contributed by atoms with E-state index in [1.54, 1.807) is 55.6 Å². The predicted molar refractivity (Wildman–Crippen MR) is 119 cm³/mol. The van der Waals surface area contributed by atoms with E-state index >= 15 is 0 Å². The normalized spacial score (nSPS) is 10.6. The molecule has 0 saturated heterocycles. The molecule has 8 nitrogen and oxygen atoms in total. The van der Waals surface area contributed by atoms with Gasteiger partial charge in [0.1, 0.15) is 0 Å². The Labute approximate surface area is 187 Å². The van der Waals surface area contributed by atoms with E-state index in [9.17, 15) is 9.59 Å². The third-order valence-corrected chi connectivity index (χ3v) is 5.56. The molecule has 0 atom stereocenters. The number of amides is 2. The topological polar surface area (TPSA) is 106 Å². The van der Waals surface area contributed by atoms with E-state index in [2.05, 4.69) is 15.5 Å². The molecule has 11 heteroatoms. The Kier molecular flexibility index (Phi) is 7.20. The molecule has 0 radical (unpaired) electrons. The zero-order chi connectivity index (χ0) is 21.7. The van der Waals surface area contributed by atoms with E-state index in [1.807, 2.05) is 0 Å². The van der Waals surface area contributed by atoms with Gasteiger partial charge >= 0.3 is 0 Å². The van der Waals surface area contributed by atoms with Crippen LogP contribution in [0.1, 0.15) is 0 Å². The lowest BCUT2D eigenvalue weighted by atomic mass is 10.2. The Morgan fingerprint density at radius 1 is 1.13 bits per heavy atom. The van der Waals surface area contributed by atoms with Gasteiger partial charge in [0.25, 0.3) is 0 Å². The lowest BCUT2D eigenvalue weighted by Gasteiger charge is -2.16. The van der Waals surface area contributed by atoms with E-state index < -0.39 is 0 Å². The van der Waals surface area contributed by atoms with Crippen LogP contribution in [0.2, 0.25) is 10.0 Å². The van der Waals surface area contributed by atoms with Crippen molar-refractivity contribution in [1.82, 2.24) is 19.8 Å². The number of likely N-dealkylation sites (N-methyl/N-ethyl adjacent to an activating group) is 1. The van der Waals surface area contributed by atoms with E-state index in [-0.39, 0.29) is 24.1 Å². The third kappa shape index (κ3) is 5.44. The van der Waals surface area contributed by atoms with Crippen LogP contribution in [0.5, 0.6) is 0 Å². The molecular formula is C19H18Cl2N6O2S. The minimum absolute atomic E-state index is 0.0474. The van der Waals surface area contributed by atoms with E-state index in [0.29, 0.717) is 26.7 Å². The molecule has 0 aliphatic carbocycles. The highest BCUT2D eigenvalue weighted by molar-refractivity contribution is 7.99. The molecule has 3 aromatic rings. The Morgan fingerprint density at radius 3 is 2.53 bits per heavy atom. The van der Waals surface area contributed by atoms with Crippen molar-refractivity contribution in [2.45, 2.75) is 5.16 Å². The van der Waals surface area contributed by atoms with Gasteiger partial charge in [0.15, 0.2) is 5.82 Å². The molecule has 0 spiro atoms. The van der Waals surface area contributed by atoms with Crippen molar-refractivity contribution in [2.24, 2.45) is 0 Å². The molecule has 1 aromatic heterocycles. The van der Waals surface area contributed by atoms with E-state index in [0.717, 1.165) is 17.3 Å². The average Bonchev–Trinajstić information content (AvgIpc) is 3.08. The number of carbonyl (C=O) groups excluding carboxylic acids is 2. The van der Waals surface area contributed by atoms with Crippen LogP contribution in [0.15, 0.2) is 53.7 Å². The highest BCUT2D eigenvalue weighted by Gasteiger charge is 2.17. The Balaban J connectivity index is 1.54. The number of nitrogens with two attached hydrogens (primary N) is 1. The maximum Gasteiger partial charge on any atom is 0.244 e. The number of benzene rings is 2. The molecule has 0 unspecified atom stereocenters. The number of nitrogens with zero attached hydrogens (tertiary/aromatic N) is 4. The van der Waals surface area contributed by atoms with Gasteiger partial charge < -0.3 is 16.1 Å². The first kappa shape index (κ1) is 21.9. The minimum atomic E-state index is -0.351. The van der Waals surface area contributed by atoms with Gasteiger partial charge in [-0.25, -0.2) is 4.68 Å². The van der Waals surface area contributed by atoms with E-state index in [4.69, 9.17) is 29.0 Å². The number of hydrogen-bond acceptors (Lipinski definition) is 6. The van der Waals surface area contributed by atoms with Crippen molar-refractivity contribution < 1.29 is 9.59 Å². The maximum atomic E-state index is 12.4. The molecule has 3 rings (SSSR count). The van der Waals surface area contributed by atoms with Crippen molar-refractivity contribution in [3.8, 4) is 11.4 Å². The summed E-state index contributed by atoms with van der Waals surface area (Å²) in [7, 11) is 1.54. The summed E-state index contributed by atoms with van der Waals surface area (Å²) < 4.78 is 1.31. The molecule has 156 valence electrons. The van der Waals surface area contributed by atoms with Gasteiger partial charge in [0.05, 0.1) is 23.0 Å². The summed E-state index contributed by atoms with van der Waals surface area (Å²) >= 11 is 13.0. The lowest BCUT2D eigenvalue weighted by molar-refractivity contribution is -0.131. The summed E-state index contributed by atoms with van der Waals surface area (Å²) in [6.07, 6.45) is 0. The fraction of sp³-hybridized carbons (Fsp3) is 0.158. The van der Waals surface area contributed by atoms with Crippen LogP contribution < -0.4 is 11.2 Å². The van der Waals surface area contributed by atoms with Crippen molar-refractivity contribution in [2.75, 3.05) is 30.5 Å². The smallest absolute Gasteiger partial charge is 0.244 e. The lowest BCUT2D eigenvalue weighted by Crippen LogP contribution is -2.36. The Morgan fingerprint density at radius 2 is 1.83 bits per heavy atom. The number of nitrogens with one attached hydrogen (secondary N) is 1. The molecule has 0 bridgehead atoms. The molecule has 0 fully saturated rings. The van der Waals surface area contributed by atoms with Gasteiger partial charge in [-0.15, -0.1) is 10.2 Å². The number of para-hydroxylation sites is 1. The average molecular weight is 465 g/mol. The van der Waals surface area contributed by atoms with Crippen molar-refractivity contribution in [3.05, 3.63) is 58.6 Å². The standard InChI is InChI=1S/C19H18Cl2N6O2S/c1-26(10-16(28)23-15-5-3-2-4-14(15)21)17(29)11-30-19-25-24-18(27(19)22)12-6-8-13(20)9-7-12/h2-9H,10-11,22H2,1H3,(H,23,28). The molecule has 3 N–H and O–H groups in total. The zero-order valence-electron chi connectivity index (χ0n) is 15.9. The van der Waals surface area contributed by atoms with Crippen molar-refractivity contribution in [3.63, 3.8) is 0 Å². The number of thioether (sulfide) groups is 1. The van der Waals surface area contributed by atoms with Gasteiger partial charge in [0, 0.05) is 17.6 Å². The summed E-state index contributed by atoms with van der Waals surface area (Å²) in [6, 6.07) is 13.9. The molecular weight excluding hydrogens is 447 g/mol. The summed E-state index contributed by atoms with van der Waals surface area (Å²) in [6.45, 7) is -0.115. The van der Waals surface area contributed by atoms with Crippen LogP contribution in [-0.2, 0) is 9.59 Å². The van der Waals surface area contributed by atoms with Crippen LogP contribution in [0, 0.1) is 0 Å². The monoisotopic (exact) mass is 464 g/mol. The Bertz CT molecular complexity index is 1060. The third-order valence-electron chi connectivity index (χ3n) is 4.05. The van der Waals surface area contributed by atoms with Gasteiger partial charge in [-0.05, 0) is 36.4 Å². The van der Waals surface area contributed by atoms with Crippen LogP contribution in [0.4, 0.5) is 5.69 Å². The number of carbonyl (C=O) groups is 2. The summed E-state index contributed by atoms with van der Waals surface area (Å²) in [5.74, 6) is 5.94. The number of aromatic nitrogens is 3. The molecule has 0 aliphatic rings. The number of halogens is 2. The largest absolute Gasteiger partial charge is 0.336 e. The number of hydrogen-bond donors (Lipinski definition) is 2. The highest BCUT2D eigenvalue weighted by Crippen LogP contribution is 2.23. The van der Waals surface area contributed by atoms with Gasteiger partial charge in [0.2, 0.25) is 17.0 Å². The van der Waals surface area contributed by atoms with Crippen LogP contribution in [0.3, 0.4) is 0 Å². The fourth-order valence-corrected chi connectivity index (χ4v) is 3.57. The molecule has 0 saturated carbocycles. The van der Waals surface area contributed by atoms with Crippen LogP contribution in [-0.4, -0.2) is 50.9 Å². The van der Waals surface area contributed by atoms with E-state index in [1.165, 1.54) is 9.58 Å². The molecule has 1 heterocycles. The van der Waals surface area contributed by atoms with Gasteiger partial charge in [-0.2, -0.15) is 0 Å². The molecule has 30 heavy (non-hydrogen) atoms. The molecule has 0 aliphatic heterocycles. The first-order valence-electron chi connectivity index (χ1n) is 8.72. The SMILES string of the molecule is CN(CC(=O)Nc1ccccc1Cl)C(=O)CSc1nnc(-c2ccc(Cl)cc2)n1N. The predicted octanol–water partition coefficient (Wildman–Crippen LogP) is 3.15. The quantitative estimate of drug-likeness (QED) is 0.410. The summed E-state index contributed by atoms with van der Waals surface area (Å²) in [4.78, 5) is 25.9. The first-order valence-corrected chi connectivity index (χ1v) is 10.5. The van der Waals surface area contributed by atoms with Crippen LogP contribution >= 0.6 is 35.0 Å².